The van der Waals surface area contributed by atoms with Gasteiger partial charge in [0.2, 0.25) is 5.91 Å². The van der Waals surface area contributed by atoms with Crippen molar-refractivity contribution in [2.45, 2.75) is 46.1 Å². The topological polar surface area (TPSA) is 65.5 Å². The summed E-state index contributed by atoms with van der Waals surface area (Å²) in [7, 11) is 0. The smallest absolute Gasteiger partial charge is 0.242 e. The average molecular weight is 482 g/mol. The number of hydrogen-bond acceptors (Lipinski definition) is 2. The molecule has 0 aromatic heterocycles. The fourth-order valence-corrected chi connectivity index (χ4v) is 2.21. The summed E-state index contributed by atoms with van der Waals surface area (Å²) < 4.78 is 26.8. The van der Waals surface area contributed by atoms with Crippen molar-refractivity contribution in [1.29, 1.82) is 0 Å². The lowest BCUT2D eigenvalue weighted by Crippen LogP contribution is -2.43. The van der Waals surface area contributed by atoms with Crippen molar-refractivity contribution < 1.29 is 13.6 Å². The molecule has 0 heterocycles. The van der Waals surface area contributed by atoms with Crippen molar-refractivity contribution in [3.05, 3.63) is 35.4 Å². The second-order valence-corrected chi connectivity index (χ2v) is 6.94. The molecule has 0 saturated heterocycles. The van der Waals surface area contributed by atoms with Crippen LogP contribution in [-0.2, 0) is 4.79 Å². The van der Waals surface area contributed by atoms with Crippen LogP contribution in [0.25, 0.3) is 0 Å². The van der Waals surface area contributed by atoms with Crippen molar-refractivity contribution in [3.8, 4) is 0 Å². The number of aliphatic imine (C=N–C) groups is 1. The van der Waals surface area contributed by atoms with E-state index in [1.54, 1.807) is 0 Å². The van der Waals surface area contributed by atoms with Crippen molar-refractivity contribution in [2.75, 3.05) is 19.6 Å². The van der Waals surface area contributed by atoms with Crippen LogP contribution in [0.5, 0.6) is 0 Å². The first-order valence-corrected chi connectivity index (χ1v) is 8.40. The normalized spacial score (nSPS) is 12.8. The molecule has 0 saturated carbocycles. The predicted molar refractivity (Wildman–Crippen MR) is 112 cm³/mol. The highest BCUT2D eigenvalue weighted by Gasteiger charge is 2.14. The van der Waals surface area contributed by atoms with Crippen molar-refractivity contribution >= 4 is 35.8 Å². The van der Waals surface area contributed by atoms with Gasteiger partial charge in [-0.3, -0.25) is 4.79 Å². The van der Waals surface area contributed by atoms with E-state index < -0.39 is 11.6 Å². The minimum absolute atomic E-state index is 0. The molecule has 5 nitrogen and oxygen atoms in total. The summed E-state index contributed by atoms with van der Waals surface area (Å²) in [5, 5.41) is 8.95. The number of guanidine groups is 1. The Labute approximate surface area is 171 Å². The van der Waals surface area contributed by atoms with Gasteiger partial charge in [-0.1, -0.05) is 13.0 Å². The van der Waals surface area contributed by atoms with E-state index in [2.05, 4.69) is 20.9 Å². The van der Waals surface area contributed by atoms with Gasteiger partial charge in [-0.05, 0) is 39.3 Å². The third-order valence-electron chi connectivity index (χ3n) is 3.31. The Bertz CT molecular complexity index is 618. The molecule has 1 aromatic rings. The number of rotatable bonds is 6. The Morgan fingerprint density at radius 1 is 1.23 bits per heavy atom. The Morgan fingerprint density at radius 2 is 1.88 bits per heavy atom. The lowest BCUT2D eigenvalue weighted by molar-refractivity contribution is -0.121. The molecule has 1 aromatic carbocycles. The van der Waals surface area contributed by atoms with E-state index in [0.717, 1.165) is 6.07 Å². The first kappa shape index (κ1) is 24.6. The van der Waals surface area contributed by atoms with E-state index >= 15 is 0 Å². The summed E-state index contributed by atoms with van der Waals surface area (Å²) in [6, 6.07) is 3.56. The third kappa shape index (κ3) is 9.30. The largest absolute Gasteiger partial charge is 0.357 e. The van der Waals surface area contributed by atoms with Crippen LogP contribution in [0.3, 0.4) is 0 Å². The highest BCUT2D eigenvalue weighted by atomic mass is 127. The molecule has 26 heavy (non-hydrogen) atoms. The molecular weight excluding hydrogens is 453 g/mol. The molecule has 0 aliphatic heterocycles. The van der Waals surface area contributed by atoms with Crippen molar-refractivity contribution in [1.82, 2.24) is 16.0 Å². The second-order valence-electron chi connectivity index (χ2n) is 6.94. The van der Waals surface area contributed by atoms with Gasteiger partial charge in [0.25, 0.3) is 0 Å². The molecular formula is C18H29F2IN4O. The minimum Gasteiger partial charge on any atom is -0.357 e. The molecule has 1 amide bonds. The molecule has 0 bridgehead atoms. The fraction of sp³-hybridized carbons (Fsp3) is 0.556. The first-order valence-electron chi connectivity index (χ1n) is 8.40. The number of amides is 1. The Hall–Kier alpha value is -1.45. The van der Waals surface area contributed by atoms with Gasteiger partial charge in [-0.25, -0.2) is 13.8 Å². The zero-order valence-electron chi connectivity index (χ0n) is 16.0. The van der Waals surface area contributed by atoms with Crippen LogP contribution >= 0.6 is 24.0 Å². The summed E-state index contributed by atoms with van der Waals surface area (Å²) in [5.74, 6) is -1.06. The SMILES string of the molecule is CCNC(=NCC(=O)NC(C)(C)C)NCC(C)c1ccc(F)cc1F.I. The van der Waals surface area contributed by atoms with Crippen LogP contribution < -0.4 is 16.0 Å². The highest BCUT2D eigenvalue weighted by molar-refractivity contribution is 14.0. The minimum atomic E-state index is -0.596. The molecule has 0 fully saturated rings. The maximum absolute atomic E-state index is 13.8. The lowest BCUT2D eigenvalue weighted by atomic mass is 10.0. The summed E-state index contributed by atoms with van der Waals surface area (Å²) in [4.78, 5) is 16.1. The van der Waals surface area contributed by atoms with Gasteiger partial charge < -0.3 is 16.0 Å². The number of nitrogens with zero attached hydrogens (tertiary/aromatic N) is 1. The second kappa shape index (κ2) is 11.3. The Morgan fingerprint density at radius 3 is 2.42 bits per heavy atom. The first-order chi connectivity index (χ1) is 11.6. The van der Waals surface area contributed by atoms with Gasteiger partial charge in [-0.15, -0.1) is 24.0 Å². The molecule has 3 N–H and O–H groups in total. The Balaban J connectivity index is 0.00000625. The molecule has 1 rings (SSSR count). The van der Waals surface area contributed by atoms with E-state index in [4.69, 9.17) is 0 Å². The van der Waals surface area contributed by atoms with E-state index in [9.17, 15) is 13.6 Å². The summed E-state index contributed by atoms with van der Waals surface area (Å²) >= 11 is 0. The number of carbonyl (C=O) groups is 1. The van der Waals surface area contributed by atoms with Crippen LogP contribution in [0.4, 0.5) is 8.78 Å². The van der Waals surface area contributed by atoms with Gasteiger partial charge in [0.05, 0.1) is 0 Å². The third-order valence-corrected chi connectivity index (χ3v) is 3.31. The maximum Gasteiger partial charge on any atom is 0.242 e. The quantitative estimate of drug-likeness (QED) is 0.332. The summed E-state index contributed by atoms with van der Waals surface area (Å²) in [6.07, 6.45) is 0. The Kier molecular flexibility index (Phi) is 10.7. The van der Waals surface area contributed by atoms with Crippen LogP contribution in [-0.4, -0.2) is 37.0 Å². The van der Waals surface area contributed by atoms with Gasteiger partial charge >= 0.3 is 0 Å². The zero-order chi connectivity index (χ0) is 19.0. The van der Waals surface area contributed by atoms with E-state index in [-0.39, 0.29) is 47.9 Å². The molecule has 1 atom stereocenters. The number of halogens is 3. The number of benzene rings is 1. The number of nitrogens with one attached hydrogen (secondary N) is 3. The van der Waals surface area contributed by atoms with Crippen LogP contribution in [0.1, 0.15) is 46.1 Å². The van der Waals surface area contributed by atoms with Gasteiger partial charge in [-0.2, -0.15) is 0 Å². The van der Waals surface area contributed by atoms with Crippen molar-refractivity contribution in [3.63, 3.8) is 0 Å². The molecule has 148 valence electrons. The van der Waals surface area contributed by atoms with Gasteiger partial charge in [0.15, 0.2) is 5.96 Å². The molecule has 0 radical (unpaired) electrons. The number of carbonyl (C=O) groups excluding carboxylic acids is 1. The standard InChI is InChI=1S/C18H28F2N4O.HI/c1-6-21-17(23-11-16(25)24-18(3,4)5)22-10-12(2)14-8-7-13(19)9-15(14)20;/h7-9,12H,6,10-11H2,1-5H3,(H,24,25)(H2,21,22,23);1H. The van der Waals surface area contributed by atoms with Crippen molar-refractivity contribution in [2.24, 2.45) is 4.99 Å². The lowest BCUT2D eigenvalue weighted by Gasteiger charge is -2.20. The molecule has 8 heteroatoms. The predicted octanol–water partition coefficient (Wildman–Crippen LogP) is 3.16. The van der Waals surface area contributed by atoms with Gasteiger partial charge in [0.1, 0.15) is 18.2 Å². The summed E-state index contributed by atoms with van der Waals surface area (Å²) in [5.41, 5.74) is 0.114. The fourth-order valence-electron chi connectivity index (χ4n) is 2.21. The van der Waals surface area contributed by atoms with Crippen LogP contribution in [0.2, 0.25) is 0 Å². The number of hydrogen-bond donors (Lipinski definition) is 3. The molecule has 0 aliphatic rings. The highest BCUT2D eigenvalue weighted by Crippen LogP contribution is 2.19. The van der Waals surface area contributed by atoms with E-state index in [1.807, 2.05) is 34.6 Å². The zero-order valence-corrected chi connectivity index (χ0v) is 18.3. The van der Waals surface area contributed by atoms with Crippen LogP contribution in [0.15, 0.2) is 23.2 Å². The van der Waals surface area contributed by atoms with Crippen LogP contribution in [0, 0.1) is 11.6 Å². The molecule has 1 unspecified atom stereocenters. The molecule has 0 aliphatic carbocycles. The monoisotopic (exact) mass is 482 g/mol. The summed E-state index contributed by atoms with van der Waals surface area (Å²) in [6.45, 7) is 10.5. The van der Waals surface area contributed by atoms with E-state index in [0.29, 0.717) is 24.6 Å². The van der Waals surface area contributed by atoms with E-state index in [1.165, 1.54) is 12.1 Å². The van der Waals surface area contributed by atoms with Gasteiger partial charge in [0, 0.05) is 30.6 Å². The maximum atomic E-state index is 13.8. The molecule has 0 spiro atoms. The average Bonchev–Trinajstić information content (AvgIpc) is 2.48.